The smallest absolute Gasteiger partial charge is 0.232 e. The predicted octanol–water partition coefficient (Wildman–Crippen LogP) is 4.75. The molecule has 0 saturated carbocycles. The minimum Gasteiger partial charge on any atom is -0.452 e. The molecule has 5 heteroatoms. The lowest BCUT2D eigenvalue weighted by molar-refractivity contribution is 0.101. The average molecular weight is 309 g/mol. The third-order valence-corrected chi connectivity index (χ3v) is 3.47. The van der Waals surface area contributed by atoms with Crippen molar-refractivity contribution < 1.29 is 13.9 Å². The van der Waals surface area contributed by atoms with Crippen molar-refractivity contribution >= 4 is 35.1 Å². The second-order valence-electron chi connectivity index (χ2n) is 4.22. The summed E-state index contributed by atoms with van der Waals surface area (Å²) in [6.45, 7) is 0. The lowest BCUT2D eigenvalue weighted by Gasteiger charge is -2.02. The van der Waals surface area contributed by atoms with Crippen LogP contribution in [0.5, 0.6) is 5.75 Å². The first-order valence-electron chi connectivity index (χ1n) is 5.74. The zero-order valence-electron chi connectivity index (χ0n) is 9.99. The maximum absolute atomic E-state index is 13.7. The molecule has 0 fully saturated rings. The van der Waals surface area contributed by atoms with Crippen molar-refractivity contribution in [1.82, 2.24) is 0 Å². The number of hydrogen-bond acceptors (Lipinski definition) is 2. The molecule has 20 heavy (non-hydrogen) atoms. The molecule has 0 bridgehead atoms. The molecule has 0 aromatic heterocycles. The van der Waals surface area contributed by atoms with Crippen molar-refractivity contribution in [3.05, 3.63) is 69.1 Å². The van der Waals surface area contributed by atoms with E-state index in [1.54, 1.807) is 18.2 Å². The van der Waals surface area contributed by atoms with Crippen LogP contribution in [-0.2, 0) is 0 Å². The van der Waals surface area contributed by atoms with Crippen LogP contribution in [0, 0.1) is 5.82 Å². The van der Waals surface area contributed by atoms with Gasteiger partial charge in [-0.25, -0.2) is 4.39 Å². The fourth-order valence-electron chi connectivity index (χ4n) is 1.94. The van der Waals surface area contributed by atoms with Gasteiger partial charge in [-0.05, 0) is 36.4 Å². The topological polar surface area (TPSA) is 26.3 Å². The zero-order chi connectivity index (χ0) is 14.3. The van der Waals surface area contributed by atoms with Crippen molar-refractivity contribution in [2.75, 3.05) is 0 Å². The second kappa shape index (κ2) is 4.93. The summed E-state index contributed by atoms with van der Waals surface area (Å²) in [4.78, 5) is 12.2. The molecule has 0 spiro atoms. The number of ether oxygens (including phenoxy) is 1. The van der Waals surface area contributed by atoms with Crippen LogP contribution in [-0.4, -0.2) is 5.78 Å². The molecule has 1 aliphatic heterocycles. The number of fused-ring (bicyclic) bond motifs is 1. The van der Waals surface area contributed by atoms with Crippen LogP contribution in [0.25, 0.3) is 6.08 Å². The number of ketones is 1. The first-order chi connectivity index (χ1) is 9.56. The summed E-state index contributed by atoms with van der Waals surface area (Å²) in [6.07, 6.45) is 1.30. The van der Waals surface area contributed by atoms with E-state index in [2.05, 4.69) is 0 Å². The van der Waals surface area contributed by atoms with Gasteiger partial charge in [0.05, 0.1) is 10.6 Å². The van der Waals surface area contributed by atoms with Crippen molar-refractivity contribution in [2.24, 2.45) is 0 Å². The molecule has 1 aliphatic rings. The molecule has 0 atom stereocenters. The van der Waals surface area contributed by atoms with E-state index in [0.717, 1.165) is 0 Å². The van der Waals surface area contributed by atoms with Gasteiger partial charge in [0, 0.05) is 10.6 Å². The van der Waals surface area contributed by atoms with Crippen LogP contribution in [0.3, 0.4) is 0 Å². The van der Waals surface area contributed by atoms with Crippen LogP contribution >= 0.6 is 23.2 Å². The van der Waals surface area contributed by atoms with Gasteiger partial charge in [0.25, 0.3) is 0 Å². The number of benzene rings is 2. The SMILES string of the molecule is O=C1/C(=C/c2c(F)cccc2Cl)Oc2ccc(Cl)cc21. The zero-order valence-corrected chi connectivity index (χ0v) is 11.5. The third kappa shape index (κ3) is 2.19. The quantitative estimate of drug-likeness (QED) is 0.711. The first kappa shape index (κ1) is 13.2. The van der Waals surface area contributed by atoms with Crippen LogP contribution in [0.15, 0.2) is 42.2 Å². The summed E-state index contributed by atoms with van der Waals surface area (Å²) in [7, 11) is 0. The standard InChI is InChI=1S/C15H7Cl2FO2/c16-8-4-5-13-10(6-8)15(19)14(20-13)7-9-11(17)2-1-3-12(9)18/h1-7H/b14-7-. The average Bonchev–Trinajstić information content (AvgIpc) is 2.71. The Morgan fingerprint density at radius 1 is 1.15 bits per heavy atom. The molecule has 0 radical (unpaired) electrons. The largest absolute Gasteiger partial charge is 0.452 e. The lowest BCUT2D eigenvalue weighted by atomic mass is 10.1. The first-order valence-corrected chi connectivity index (χ1v) is 6.49. The number of carbonyl (C=O) groups excluding carboxylic acids is 1. The fraction of sp³-hybridized carbons (Fsp3) is 0. The van der Waals surface area contributed by atoms with Gasteiger partial charge in [-0.3, -0.25) is 4.79 Å². The Labute approximate surface area is 124 Å². The number of carbonyl (C=O) groups is 1. The Kier molecular flexibility index (Phi) is 3.24. The van der Waals surface area contributed by atoms with Crippen molar-refractivity contribution in [2.45, 2.75) is 0 Å². The van der Waals surface area contributed by atoms with E-state index < -0.39 is 5.82 Å². The van der Waals surface area contributed by atoms with E-state index in [9.17, 15) is 9.18 Å². The van der Waals surface area contributed by atoms with Crippen LogP contribution in [0.2, 0.25) is 10.0 Å². The van der Waals surface area contributed by atoms with Gasteiger partial charge in [0.1, 0.15) is 11.6 Å². The van der Waals surface area contributed by atoms with Crippen molar-refractivity contribution in [3.8, 4) is 5.75 Å². The molecule has 0 amide bonds. The minimum absolute atomic E-state index is 0.0225. The van der Waals surface area contributed by atoms with Crippen LogP contribution in [0.1, 0.15) is 15.9 Å². The van der Waals surface area contributed by atoms with Crippen molar-refractivity contribution in [1.29, 1.82) is 0 Å². The molecule has 0 N–H and O–H groups in total. The van der Waals surface area contributed by atoms with Crippen LogP contribution < -0.4 is 4.74 Å². The van der Waals surface area contributed by atoms with Gasteiger partial charge in [0.15, 0.2) is 5.76 Å². The number of Topliss-reactive ketones (excluding diaryl/α,β-unsaturated/α-hetero) is 1. The molecule has 2 nitrogen and oxygen atoms in total. The van der Waals surface area contributed by atoms with Crippen LogP contribution in [0.4, 0.5) is 4.39 Å². The molecule has 100 valence electrons. The highest BCUT2D eigenvalue weighted by Gasteiger charge is 2.28. The van der Waals surface area contributed by atoms with Gasteiger partial charge in [0.2, 0.25) is 5.78 Å². The highest BCUT2D eigenvalue weighted by molar-refractivity contribution is 6.32. The molecule has 3 rings (SSSR count). The fourth-order valence-corrected chi connectivity index (χ4v) is 2.33. The Bertz CT molecular complexity index is 733. The Hall–Kier alpha value is -1.84. The monoisotopic (exact) mass is 308 g/mol. The van der Waals surface area contributed by atoms with Crippen molar-refractivity contribution in [3.63, 3.8) is 0 Å². The molecule has 0 unspecified atom stereocenters. The molecule has 1 heterocycles. The summed E-state index contributed by atoms with van der Waals surface area (Å²) in [5, 5.41) is 0.647. The van der Waals surface area contributed by atoms with Gasteiger partial charge in [-0.2, -0.15) is 0 Å². The summed E-state index contributed by atoms with van der Waals surface area (Å²) >= 11 is 11.8. The summed E-state index contributed by atoms with van der Waals surface area (Å²) in [5.74, 6) is -0.440. The number of halogens is 3. The van der Waals surface area contributed by atoms with E-state index in [1.165, 1.54) is 24.3 Å². The summed E-state index contributed by atoms with van der Waals surface area (Å²) < 4.78 is 19.1. The predicted molar refractivity (Wildman–Crippen MR) is 75.8 cm³/mol. The molecule has 2 aromatic rings. The number of hydrogen-bond donors (Lipinski definition) is 0. The van der Waals surface area contributed by atoms with E-state index in [-0.39, 0.29) is 22.1 Å². The normalized spacial score (nSPS) is 15.3. The van der Waals surface area contributed by atoms with Gasteiger partial charge in [-0.15, -0.1) is 0 Å². The molecule has 2 aromatic carbocycles. The third-order valence-electron chi connectivity index (χ3n) is 2.91. The van der Waals surface area contributed by atoms with Gasteiger partial charge < -0.3 is 4.74 Å². The highest BCUT2D eigenvalue weighted by atomic mass is 35.5. The summed E-state index contributed by atoms with van der Waals surface area (Å²) in [5.41, 5.74) is 0.479. The Balaban J connectivity index is 2.06. The Morgan fingerprint density at radius 2 is 1.95 bits per heavy atom. The maximum atomic E-state index is 13.7. The highest BCUT2D eigenvalue weighted by Crippen LogP contribution is 2.34. The minimum atomic E-state index is -0.518. The lowest BCUT2D eigenvalue weighted by Crippen LogP contribution is -1.99. The molecular weight excluding hydrogens is 302 g/mol. The number of allylic oxidation sites excluding steroid dienone is 1. The molecule has 0 saturated heterocycles. The number of rotatable bonds is 1. The van der Waals surface area contributed by atoms with Gasteiger partial charge in [-0.1, -0.05) is 29.3 Å². The van der Waals surface area contributed by atoms with E-state index >= 15 is 0 Å². The summed E-state index contributed by atoms with van der Waals surface area (Å²) in [6, 6.07) is 9.03. The molecule has 0 aliphatic carbocycles. The van der Waals surface area contributed by atoms with E-state index in [1.807, 2.05) is 0 Å². The second-order valence-corrected chi connectivity index (χ2v) is 5.06. The Morgan fingerprint density at radius 3 is 2.70 bits per heavy atom. The molecular formula is C15H7Cl2FO2. The van der Waals surface area contributed by atoms with E-state index in [0.29, 0.717) is 16.3 Å². The van der Waals surface area contributed by atoms with Gasteiger partial charge >= 0.3 is 0 Å². The van der Waals surface area contributed by atoms with E-state index in [4.69, 9.17) is 27.9 Å². The maximum Gasteiger partial charge on any atom is 0.232 e.